The summed E-state index contributed by atoms with van der Waals surface area (Å²) in [7, 11) is 0. The average Bonchev–Trinajstić information content (AvgIpc) is 2.82. The van der Waals surface area contributed by atoms with Gasteiger partial charge in [-0.25, -0.2) is 4.98 Å². The normalized spacial score (nSPS) is 10.4. The van der Waals surface area contributed by atoms with E-state index < -0.39 is 0 Å². The van der Waals surface area contributed by atoms with Crippen LogP contribution in [0.25, 0.3) is 11.3 Å². The van der Waals surface area contributed by atoms with Crippen LogP contribution in [0.5, 0.6) is 0 Å². The SMILES string of the molecule is CC(C)c1nc(-c2ccc(Br)c(N=C=S)c2)cs1. The second-order valence-corrected chi connectivity index (χ2v) is 6.02. The van der Waals surface area contributed by atoms with E-state index in [2.05, 4.69) is 62.5 Å². The molecule has 0 saturated carbocycles. The summed E-state index contributed by atoms with van der Waals surface area (Å²) in [6.45, 7) is 4.29. The first-order valence-corrected chi connectivity index (χ1v) is 7.53. The van der Waals surface area contributed by atoms with Gasteiger partial charge in [0.25, 0.3) is 0 Å². The number of aliphatic imine (C=N–C) groups is 1. The van der Waals surface area contributed by atoms with Gasteiger partial charge in [0.05, 0.1) is 21.6 Å². The Hall–Kier alpha value is -0.870. The molecule has 5 heteroatoms. The standard InChI is InChI=1S/C13H11BrN2S2/c1-8(2)13-16-12(6-18-13)9-3-4-10(14)11(5-9)15-7-17/h3-6,8H,1-2H3. The fourth-order valence-corrected chi connectivity index (χ4v) is 2.77. The van der Waals surface area contributed by atoms with Crippen LogP contribution in [0, 0.1) is 0 Å². The van der Waals surface area contributed by atoms with Gasteiger partial charge in [0.15, 0.2) is 0 Å². The fourth-order valence-electron chi connectivity index (χ4n) is 1.49. The molecule has 0 aliphatic carbocycles. The number of halogens is 1. The molecule has 0 amide bonds. The van der Waals surface area contributed by atoms with Crippen LogP contribution in [-0.2, 0) is 0 Å². The highest BCUT2D eigenvalue weighted by Crippen LogP contribution is 2.32. The van der Waals surface area contributed by atoms with Crippen molar-refractivity contribution in [2.45, 2.75) is 19.8 Å². The Bertz CT molecular complexity index is 613. The predicted octanol–water partition coefficient (Wildman–Crippen LogP) is 5.43. The topological polar surface area (TPSA) is 25.2 Å². The first-order chi connectivity index (χ1) is 8.61. The fraction of sp³-hybridized carbons (Fsp3) is 0.231. The van der Waals surface area contributed by atoms with E-state index >= 15 is 0 Å². The average molecular weight is 339 g/mol. The molecule has 0 N–H and O–H groups in total. The van der Waals surface area contributed by atoms with Crippen LogP contribution in [0.3, 0.4) is 0 Å². The van der Waals surface area contributed by atoms with E-state index in [1.165, 1.54) is 0 Å². The van der Waals surface area contributed by atoms with Crippen LogP contribution in [0.15, 0.2) is 33.0 Å². The summed E-state index contributed by atoms with van der Waals surface area (Å²) in [5.41, 5.74) is 2.81. The number of hydrogen-bond donors (Lipinski definition) is 0. The first kappa shape index (κ1) is 13.6. The molecule has 0 spiro atoms. The van der Waals surface area contributed by atoms with E-state index in [9.17, 15) is 0 Å². The number of isothiocyanates is 1. The molecule has 2 rings (SSSR count). The molecule has 1 aromatic heterocycles. The highest BCUT2D eigenvalue weighted by atomic mass is 79.9. The molecule has 0 radical (unpaired) electrons. The number of hydrogen-bond acceptors (Lipinski definition) is 4. The third-order valence-corrected chi connectivity index (χ3v) is 4.33. The Morgan fingerprint density at radius 2 is 2.22 bits per heavy atom. The molecule has 0 fully saturated rings. The lowest BCUT2D eigenvalue weighted by Gasteiger charge is -2.01. The van der Waals surface area contributed by atoms with Gasteiger partial charge in [0.2, 0.25) is 0 Å². The molecular weight excluding hydrogens is 328 g/mol. The number of rotatable bonds is 3. The van der Waals surface area contributed by atoms with Gasteiger partial charge in [0, 0.05) is 21.3 Å². The summed E-state index contributed by atoms with van der Waals surface area (Å²) in [6, 6.07) is 5.93. The minimum Gasteiger partial charge on any atom is -0.241 e. The van der Waals surface area contributed by atoms with Crippen LogP contribution in [0.4, 0.5) is 5.69 Å². The zero-order valence-corrected chi connectivity index (χ0v) is 13.2. The molecule has 92 valence electrons. The second-order valence-electron chi connectivity index (χ2n) is 4.09. The van der Waals surface area contributed by atoms with Crippen LogP contribution in [0.1, 0.15) is 24.8 Å². The van der Waals surface area contributed by atoms with Gasteiger partial charge in [-0.3, -0.25) is 0 Å². The molecule has 2 aromatic rings. The third kappa shape index (κ3) is 2.93. The van der Waals surface area contributed by atoms with E-state index in [-0.39, 0.29) is 0 Å². The predicted molar refractivity (Wildman–Crippen MR) is 84.0 cm³/mol. The van der Waals surface area contributed by atoms with Crippen LogP contribution in [0.2, 0.25) is 0 Å². The Balaban J connectivity index is 2.44. The first-order valence-electron chi connectivity index (χ1n) is 5.45. The molecule has 0 atom stereocenters. The summed E-state index contributed by atoms with van der Waals surface area (Å²) in [5.74, 6) is 0.456. The molecule has 18 heavy (non-hydrogen) atoms. The zero-order chi connectivity index (χ0) is 13.1. The van der Waals surface area contributed by atoms with Crippen molar-refractivity contribution in [2.24, 2.45) is 4.99 Å². The van der Waals surface area contributed by atoms with Crippen LogP contribution in [-0.4, -0.2) is 10.1 Å². The van der Waals surface area contributed by atoms with Crippen LogP contribution < -0.4 is 0 Å². The molecular formula is C13H11BrN2S2. The molecule has 0 aliphatic heterocycles. The van der Waals surface area contributed by atoms with Gasteiger partial charge in [0.1, 0.15) is 0 Å². The second kappa shape index (κ2) is 5.85. The molecule has 0 saturated heterocycles. The summed E-state index contributed by atoms with van der Waals surface area (Å²) in [5, 5.41) is 5.61. The van der Waals surface area contributed by atoms with Gasteiger partial charge >= 0.3 is 0 Å². The van der Waals surface area contributed by atoms with E-state index in [4.69, 9.17) is 0 Å². The number of nitrogens with zero attached hydrogens (tertiary/aromatic N) is 2. The molecule has 0 unspecified atom stereocenters. The molecule has 1 aromatic carbocycles. The number of thiazole rings is 1. The maximum atomic E-state index is 4.64. The van der Waals surface area contributed by atoms with Crippen molar-refractivity contribution in [3.05, 3.63) is 33.1 Å². The van der Waals surface area contributed by atoms with E-state index in [0.29, 0.717) is 5.92 Å². The van der Waals surface area contributed by atoms with Gasteiger partial charge in [-0.05, 0) is 40.3 Å². The number of thiocarbonyl (C=S) groups is 1. The van der Waals surface area contributed by atoms with Crippen molar-refractivity contribution >= 4 is 50.3 Å². The highest BCUT2D eigenvalue weighted by Gasteiger charge is 2.09. The Labute approximate surface area is 124 Å². The zero-order valence-electron chi connectivity index (χ0n) is 9.98. The minimum atomic E-state index is 0.456. The van der Waals surface area contributed by atoms with E-state index in [0.717, 1.165) is 26.4 Å². The summed E-state index contributed by atoms with van der Waals surface area (Å²) < 4.78 is 0.905. The number of benzene rings is 1. The lowest BCUT2D eigenvalue weighted by atomic mass is 10.1. The molecule has 1 heterocycles. The highest BCUT2D eigenvalue weighted by molar-refractivity contribution is 9.10. The van der Waals surface area contributed by atoms with E-state index in [1.54, 1.807) is 11.3 Å². The summed E-state index contributed by atoms with van der Waals surface area (Å²) >= 11 is 9.76. The quantitative estimate of drug-likeness (QED) is 0.550. The number of aromatic nitrogens is 1. The Kier molecular flexibility index (Phi) is 4.40. The van der Waals surface area contributed by atoms with Gasteiger partial charge < -0.3 is 0 Å². The van der Waals surface area contributed by atoms with Crippen molar-refractivity contribution in [3.8, 4) is 11.3 Å². The largest absolute Gasteiger partial charge is 0.241 e. The third-order valence-electron chi connectivity index (χ3n) is 2.42. The lowest BCUT2D eigenvalue weighted by molar-refractivity contribution is 0.853. The molecule has 0 aliphatic rings. The lowest BCUT2D eigenvalue weighted by Crippen LogP contribution is -1.85. The van der Waals surface area contributed by atoms with Crippen molar-refractivity contribution in [2.75, 3.05) is 0 Å². The molecule has 0 bridgehead atoms. The van der Waals surface area contributed by atoms with Crippen molar-refractivity contribution < 1.29 is 0 Å². The summed E-state index contributed by atoms with van der Waals surface area (Å²) in [4.78, 5) is 8.65. The summed E-state index contributed by atoms with van der Waals surface area (Å²) in [6.07, 6.45) is 0. The minimum absolute atomic E-state index is 0.456. The van der Waals surface area contributed by atoms with Gasteiger partial charge in [-0.1, -0.05) is 19.9 Å². The maximum Gasteiger partial charge on any atom is 0.0958 e. The van der Waals surface area contributed by atoms with Crippen molar-refractivity contribution in [1.82, 2.24) is 4.98 Å². The Morgan fingerprint density at radius 3 is 2.83 bits per heavy atom. The molecule has 2 nitrogen and oxygen atoms in total. The Morgan fingerprint density at radius 1 is 1.44 bits per heavy atom. The van der Waals surface area contributed by atoms with Gasteiger partial charge in [-0.15, -0.1) is 11.3 Å². The van der Waals surface area contributed by atoms with E-state index in [1.807, 2.05) is 18.2 Å². The monoisotopic (exact) mass is 338 g/mol. The smallest absolute Gasteiger partial charge is 0.0958 e. The van der Waals surface area contributed by atoms with Gasteiger partial charge in [-0.2, -0.15) is 4.99 Å². The van der Waals surface area contributed by atoms with Crippen LogP contribution >= 0.6 is 39.5 Å². The maximum absolute atomic E-state index is 4.64. The van der Waals surface area contributed by atoms with Crippen molar-refractivity contribution in [3.63, 3.8) is 0 Å². The van der Waals surface area contributed by atoms with Crippen molar-refractivity contribution in [1.29, 1.82) is 0 Å².